The highest BCUT2D eigenvalue weighted by atomic mass is 19.1. The van der Waals surface area contributed by atoms with Crippen molar-refractivity contribution in [3.05, 3.63) is 42.9 Å². The Bertz CT molecular complexity index is 996. The topological polar surface area (TPSA) is 75.9 Å². The lowest BCUT2D eigenvalue weighted by Gasteiger charge is -2.36. The van der Waals surface area contributed by atoms with Crippen LogP contribution in [-0.4, -0.2) is 56.1 Å². The summed E-state index contributed by atoms with van der Waals surface area (Å²) in [6.07, 6.45) is 5.29. The fourth-order valence-electron chi connectivity index (χ4n) is 3.73. The molecular weight excluding hydrogens is 371 g/mol. The Morgan fingerprint density at radius 2 is 1.90 bits per heavy atom. The number of nitrogens with zero attached hydrogens (tertiary/aromatic N) is 5. The van der Waals surface area contributed by atoms with Gasteiger partial charge in [0.2, 0.25) is 0 Å². The number of piperidine rings is 1. The van der Waals surface area contributed by atoms with Gasteiger partial charge in [0.1, 0.15) is 5.82 Å². The van der Waals surface area contributed by atoms with E-state index in [4.69, 9.17) is 0 Å². The third-order valence-corrected chi connectivity index (χ3v) is 5.28. The van der Waals surface area contributed by atoms with E-state index in [1.165, 1.54) is 4.80 Å². The molecule has 3 aromatic rings. The van der Waals surface area contributed by atoms with Crippen molar-refractivity contribution >= 4 is 22.5 Å². The van der Waals surface area contributed by atoms with Crippen molar-refractivity contribution in [1.29, 1.82) is 0 Å². The fraction of sp³-hybridized carbons (Fsp3) is 0.429. The zero-order valence-electron chi connectivity index (χ0n) is 16.7. The summed E-state index contributed by atoms with van der Waals surface area (Å²) in [7, 11) is 0. The molecule has 1 amide bonds. The van der Waals surface area contributed by atoms with Crippen molar-refractivity contribution in [3.63, 3.8) is 0 Å². The minimum atomic E-state index is -1.86. The first-order valence-electron chi connectivity index (χ1n) is 9.92. The van der Waals surface area contributed by atoms with Crippen LogP contribution in [-0.2, 0) is 4.79 Å². The van der Waals surface area contributed by atoms with Crippen LogP contribution < -0.4 is 5.32 Å². The molecule has 0 unspecified atom stereocenters. The molecular formula is C21H25FN6O. The molecule has 0 atom stereocenters. The predicted octanol–water partition coefficient (Wildman–Crippen LogP) is 3.21. The number of hydrogen-bond acceptors (Lipinski definition) is 5. The Balaban J connectivity index is 1.48. The Hall–Kier alpha value is -2.87. The van der Waals surface area contributed by atoms with Gasteiger partial charge in [-0.05, 0) is 29.5 Å². The van der Waals surface area contributed by atoms with Gasteiger partial charge in [0.05, 0.1) is 18.1 Å². The van der Waals surface area contributed by atoms with Crippen molar-refractivity contribution in [3.8, 4) is 5.69 Å². The number of carbonyl (C=O) groups is 1. The minimum absolute atomic E-state index is 0.203. The zero-order valence-corrected chi connectivity index (χ0v) is 16.7. The van der Waals surface area contributed by atoms with Gasteiger partial charge in [-0.1, -0.05) is 19.9 Å². The van der Waals surface area contributed by atoms with E-state index < -0.39 is 11.6 Å². The highest BCUT2D eigenvalue weighted by molar-refractivity contribution is 5.98. The lowest BCUT2D eigenvalue weighted by atomic mass is 9.92. The number of aromatic nitrogens is 4. The number of rotatable bonds is 5. The van der Waals surface area contributed by atoms with E-state index in [-0.39, 0.29) is 12.8 Å². The largest absolute Gasteiger partial charge is 0.308 e. The maximum Gasteiger partial charge on any atom is 0.263 e. The zero-order chi connectivity index (χ0) is 20.4. The normalized spacial score (nSPS) is 17.0. The molecule has 1 aliphatic heterocycles. The third-order valence-electron chi connectivity index (χ3n) is 5.28. The number of hydrogen-bond donors (Lipinski definition) is 1. The summed E-state index contributed by atoms with van der Waals surface area (Å²) in [5, 5.41) is 12.7. The van der Waals surface area contributed by atoms with Gasteiger partial charge >= 0.3 is 0 Å². The number of amides is 1. The van der Waals surface area contributed by atoms with Gasteiger partial charge < -0.3 is 10.2 Å². The molecule has 152 valence electrons. The van der Waals surface area contributed by atoms with Gasteiger partial charge in [-0.15, -0.1) is 0 Å². The minimum Gasteiger partial charge on any atom is -0.308 e. The number of fused-ring (bicyclic) bond motifs is 1. The second-order valence-corrected chi connectivity index (χ2v) is 8.03. The predicted molar refractivity (Wildman–Crippen MR) is 110 cm³/mol. The fourth-order valence-corrected chi connectivity index (χ4v) is 3.73. The maximum atomic E-state index is 15.2. The van der Waals surface area contributed by atoms with Crippen molar-refractivity contribution in [2.75, 3.05) is 25.0 Å². The molecule has 0 radical (unpaired) electrons. The molecule has 29 heavy (non-hydrogen) atoms. The molecule has 7 nitrogen and oxygen atoms in total. The standard InChI is InChI=1S/C21H25FN6O/c1-15(2)14-27-9-5-21(22,6-10-27)20(29)26-19-12-17-11-18(28-24-7-8-25-28)4-3-16(17)13-23-19/h3-4,7-8,11-13,15H,5-6,9-10,14H2,1-2H3,(H,23,26,29). The highest BCUT2D eigenvalue weighted by Crippen LogP contribution is 2.29. The first kappa shape index (κ1) is 19.4. The molecule has 1 N–H and O–H groups in total. The number of nitrogens with one attached hydrogen (secondary N) is 1. The molecule has 2 aromatic heterocycles. The molecule has 1 aromatic carbocycles. The summed E-state index contributed by atoms with van der Waals surface area (Å²) in [6, 6.07) is 7.46. The second kappa shape index (κ2) is 7.87. The Kier molecular flexibility index (Phi) is 5.27. The van der Waals surface area contributed by atoms with Crippen LogP contribution in [0.5, 0.6) is 0 Å². The average Bonchev–Trinajstić information content (AvgIpc) is 3.24. The van der Waals surface area contributed by atoms with E-state index in [9.17, 15) is 4.79 Å². The van der Waals surface area contributed by atoms with Crippen LogP contribution in [0.25, 0.3) is 16.5 Å². The van der Waals surface area contributed by atoms with E-state index in [1.807, 2.05) is 18.2 Å². The molecule has 1 aliphatic rings. The summed E-state index contributed by atoms with van der Waals surface area (Å²) >= 11 is 0. The second-order valence-electron chi connectivity index (χ2n) is 8.03. The SMILES string of the molecule is CC(C)CN1CCC(F)(C(=O)Nc2cc3cc(-n4nccn4)ccc3cn2)CC1. The number of anilines is 1. The summed E-state index contributed by atoms with van der Waals surface area (Å²) in [4.78, 5) is 20.6. The highest BCUT2D eigenvalue weighted by Gasteiger charge is 2.41. The van der Waals surface area contributed by atoms with Crippen LogP contribution in [0.15, 0.2) is 42.9 Å². The Labute approximate surface area is 168 Å². The molecule has 0 aliphatic carbocycles. The summed E-state index contributed by atoms with van der Waals surface area (Å²) in [5.74, 6) is 0.257. The van der Waals surface area contributed by atoms with Gasteiger partial charge in [-0.3, -0.25) is 4.79 Å². The number of alkyl halides is 1. The quantitative estimate of drug-likeness (QED) is 0.717. The van der Waals surface area contributed by atoms with Crippen LogP contribution in [0, 0.1) is 5.92 Å². The molecule has 0 bridgehead atoms. The van der Waals surface area contributed by atoms with Crippen molar-refractivity contribution in [1.82, 2.24) is 24.9 Å². The molecule has 1 fully saturated rings. The molecule has 4 rings (SSSR count). The average molecular weight is 396 g/mol. The summed E-state index contributed by atoms with van der Waals surface area (Å²) < 4.78 is 15.2. The van der Waals surface area contributed by atoms with Crippen LogP contribution in [0.2, 0.25) is 0 Å². The van der Waals surface area contributed by atoms with E-state index >= 15 is 4.39 Å². The smallest absolute Gasteiger partial charge is 0.263 e. The molecule has 3 heterocycles. The monoisotopic (exact) mass is 396 g/mol. The van der Waals surface area contributed by atoms with Crippen molar-refractivity contribution < 1.29 is 9.18 Å². The van der Waals surface area contributed by atoms with E-state index in [2.05, 4.69) is 39.2 Å². The van der Waals surface area contributed by atoms with Gasteiger partial charge in [0.25, 0.3) is 5.91 Å². The number of halogens is 1. The van der Waals surface area contributed by atoms with Gasteiger partial charge in [-0.25, -0.2) is 9.37 Å². The lowest BCUT2D eigenvalue weighted by Crippen LogP contribution is -2.49. The number of pyridine rings is 1. The number of carbonyl (C=O) groups excluding carboxylic acids is 1. The first-order chi connectivity index (χ1) is 13.9. The van der Waals surface area contributed by atoms with Crippen LogP contribution in [0.4, 0.5) is 10.2 Å². The van der Waals surface area contributed by atoms with Crippen molar-refractivity contribution in [2.45, 2.75) is 32.4 Å². The van der Waals surface area contributed by atoms with Crippen LogP contribution >= 0.6 is 0 Å². The maximum absolute atomic E-state index is 15.2. The number of likely N-dealkylation sites (tertiary alicyclic amines) is 1. The van der Waals surface area contributed by atoms with Crippen LogP contribution in [0.3, 0.4) is 0 Å². The van der Waals surface area contributed by atoms with Gasteiger partial charge in [0, 0.05) is 44.1 Å². The van der Waals surface area contributed by atoms with E-state index in [0.29, 0.717) is 24.8 Å². The molecule has 0 spiro atoms. The summed E-state index contributed by atoms with van der Waals surface area (Å²) in [5.41, 5.74) is -1.06. The van der Waals surface area contributed by atoms with Crippen LogP contribution in [0.1, 0.15) is 26.7 Å². The molecule has 8 heteroatoms. The molecule has 1 saturated heterocycles. The number of benzene rings is 1. The Morgan fingerprint density at radius 1 is 1.17 bits per heavy atom. The Morgan fingerprint density at radius 3 is 2.59 bits per heavy atom. The van der Waals surface area contributed by atoms with Gasteiger partial charge in [0.15, 0.2) is 5.67 Å². The van der Waals surface area contributed by atoms with Crippen molar-refractivity contribution in [2.24, 2.45) is 5.92 Å². The first-order valence-corrected chi connectivity index (χ1v) is 9.92. The van der Waals surface area contributed by atoms with E-state index in [0.717, 1.165) is 23.0 Å². The summed E-state index contributed by atoms with van der Waals surface area (Å²) in [6.45, 7) is 6.39. The molecule has 0 saturated carbocycles. The lowest BCUT2D eigenvalue weighted by molar-refractivity contribution is -0.130. The van der Waals surface area contributed by atoms with Gasteiger partial charge in [-0.2, -0.15) is 15.0 Å². The third kappa shape index (κ3) is 4.27. The van der Waals surface area contributed by atoms with E-state index in [1.54, 1.807) is 24.7 Å².